The third-order valence-corrected chi connectivity index (χ3v) is 1.88. The number of nitriles is 1. The molecular weight excluding hydrogens is 176 g/mol. The van der Waals surface area contributed by atoms with Gasteiger partial charge in [-0.2, -0.15) is 5.26 Å². The topological polar surface area (TPSA) is 45.9 Å². The van der Waals surface area contributed by atoms with Gasteiger partial charge in [-0.25, -0.2) is 4.98 Å². The Hall–Kier alpha value is -1.56. The Morgan fingerprint density at radius 2 is 2.36 bits per heavy atom. The fourth-order valence-electron chi connectivity index (χ4n) is 1.13. The lowest BCUT2D eigenvalue weighted by Crippen LogP contribution is -1.99. The molecule has 0 atom stereocenters. The van der Waals surface area contributed by atoms with Gasteiger partial charge in [-0.15, -0.1) is 0 Å². The molecule has 1 aromatic rings. The van der Waals surface area contributed by atoms with E-state index in [1.807, 2.05) is 6.07 Å². The average Bonchev–Trinajstić information content (AvgIpc) is 2.25. The van der Waals surface area contributed by atoms with Crippen molar-refractivity contribution in [2.24, 2.45) is 0 Å². The third-order valence-electron chi connectivity index (χ3n) is 1.88. The molecule has 0 bridgehead atoms. The molecule has 0 radical (unpaired) electrons. The van der Waals surface area contributed by atoms with Gasteiger partial charge >= 0.3 is 0 Å². The highest BCUT2D eigenvalue weighted by Gasteiger charge is 2.01. The van der Waals surface area contributed by atoms with Crippen molar-refractivity contribution >= 4 is 0 Å². The molecule has 0 amide bonds. The SMILES string of the molecule is CCCCCOc1cccnc1C#N. The zero-order chi connectivity index (χ0) is 10.2. The minimum atomic E-state index is 0.365. The molecule has 0 fully saturated rings. The molecule has 1 aromatic heterocycles. The number of pyridine rings is 1. The lowest BCUT2D eigenvalue weighted by molar-refractivity contribution is 0.304. The van der Waals surface area contributed by atoms with Gasteiger partial charge < -0.3 is 4.74 Å². The summed E-state index contributed by atoms with van der Waals surface area (Å²) >= 11 is 0. The second kappa shape index (κ2) is 5.98. The summed E-state index contributed by atoms with van der Waals surface area (Å²) in [6.45, 7) is 2.80. The summed E-state index contributed by atoms with van der Waals surface area (Å²) in [5, 5.41) is 8.73. The summed E-state index contributed by atoms with van der Waals surface area (Å²) in [5.41, 5.74) is 0.365. The highest BCUT2D eigenvalue weighted by Crippen LogP contribution is 2.14. The number of hydrogen-bond donors (Lipinski definition) is 0. The van der Waals surface area contributed by atoms with Crippen molar-refractivity contribution < 1.29 is 4.74 Å². The summed E-state index contributed by atoms with van der Waals surface area (Å²) in [6, 6.07) is 5.55. The molecule has 14 heavy (non-hydrogen) atoms. The number of hydrogen-bond acceptors (Lipinski definition) is 3. The molecule has 0 aliphatic rings. The van der Waals surface area contributed by atoms with Crippen LogP contribution in [0.3, 0.4) is 0 Å². The van der Waals surface area contributed by atoms with Gasteiger partial charge in [-0.1, -0.05) is 19.8 Å². The fraction of sp³-hybridized carbons (Fsp3) is 0.455. The van der Waals surface area contributed by atoms with Crippen LogP contribution < -0.4 is 4.74 Å². The molecule has 3 nitrogen and oxygen atoms in total. The first-order valence-corrected chi connectivity index (χ1v) is 4.86. The number of aromatic nitrogens is 1. The highest BCUT2D eigenvalue weighted by atomic mass is 16.5. The number of rotatable bonds is 5. The first-order valence-electron chi connectivity index (χ1n) is 4.86. The first-order chi connectivity index (χ1) is 6.88. The quantitative estimate of drug-likeness (QED) is 0.670. The Bertz CT molecular complexity index is 317. The van der Waals surface area contributed by atoms with Gasteiger partial charge in [-0.05, 0) is 18.6 Å². The summed E-state index contributed by atoms with van der Waals surface area (Å²) in [6.07, 6.45) is 4.94. The summed E-state index contributed by atoms with van der Waals surface area (Å²) < 4.78 is 5.45. The van der Waals surface area contributed by atoms with Crippen molar-refractivity contribution in [1.29, 1.82) is 5.26 Å². The minimum absolute atomic E-state index is 0.365. The van der Waals surface area contributed by atoms with E-state index in [9.17, 15) is 0 Å². The lowest BCUT2D eigenvalue weighted by atomic mass is 10.3. The lowest BCUT2D eigenvalue weighted by Gasteiger charge is -2.05. The molecule has 0 saturated heterocycles. The smallest absolute Gasteiger partial charge is 0.182 e. The van der Waals surface area contributed by atoms with Gasteiger partial charge in [-0.3, -0.25) is 0 Å². The average molecular weight is 190 g/mol. The molecule has 0 aliphatic carbocycles. The van der Waals surface area contributed by atoms with E-state index in [4.69, 9.17) is 10.00 Å². The maximum atomic E-state index is 8.73. The zero-order valence-corrected chi connectivity index (χ0v) is 8.36. The van der Waals surface area contributed by atoms with E-state index in [0.29, 0.717) is 18.1 Å². The number of nitrogens with zero attached hydrogens (tertiary/aromatic N) is 2. The van der Waals surface area contributed by atoms with Gasteiger partial charge in [0.2, 0.25) is 0 Å². The van der Waals surface area contributed by atoms with Crippen molar-refractivity contribution in [2.45, 2.75) is 26.2 Å². The number of ether oxygens (including phenoxy) is 1. The monoisotopic (exact) mass is 190 g/mol. The highest BCUT2D eigenvalue weighted by molar-refractivity contribution is 5.36. The molecule has 0 unspecified atom stereocenters. The van der Waals surface area contributed by atoms with Gasteiger partial charge in [0.25, 0.3) is 0 Å². The van der Waals surface area contributed by atoms with Crippen molar-refractivity contribution in [3.05, 3.63) is 24.0 Å². The molecule has 0 aromatic carbocycles. The summed E-state index contributed by atoms with van der Waals surface area (Å²) in [4.78, 5) is 3.91. The van der Waals surface area contributed by atoms with Crippen molar-refractivity contribution in [1.82, 2.24) is 4.98 Å². The van der Waals surface area contributed by atoms with E-state index in [2.05, 4.69) is 11.9 Å². The second-order valence-corrected chi connectivity index (χ2v) is 3.02. The van der Waals surface area contributed by atoms with E-state index in [1.165, 1.54) is 6.42 Å². The van der Waals surface area contributed by atoms with E-state index in [-0.39, 0.29) is 0 Å². The van der Waals surface area contributed by atoms with Crippen molar-refractivity contribution in [3.8, 4) is 11.8 Å². The normalized spacial score (nSPS) is 9.43. The Morgan fingerprint density at radius 3 is 3.07 bits per heavy atom. The maximum Gasteiger partial charge on any atom is 0.182 e. The van der Waals surface area contributed by atoms with Crippen LogP contribution in [0, 0.1) is 11.3 Å². The van der Waals surface area contributed by atoms with E-state index < -0.39 is 0 Å². The molecule has 3 heteroatoms. The van der Waals surface area contributed by atoms with E-state index in [0.717, 1.165) is 12.8 Å². The Morgan fingerprint density at radius 1 is 1.50 bits per heavy atom. The molecular formula is C11H14N2O. The van der Waals surface area contributed by atoms with Crippen LogP contribution in [-0.4, -0.2) is 11.6 Å². The third kappa shape index (κ3) is 3.06. The molecule has 0 spiro atoms. The van der Waals surface area contributed by atoms with Crippen LogP contribution in [0.15, 0.2) is 18.3 Å². The van der Waals surface area contributed by atoms with Crippen LogP contribution in [0.2, 0.25) is 0 Å². The second-order valence-electron chi connectivity index (χ2n) is 3.02. The Kier molecular flexibility index (Phi) is 4.49. The molecule has 0 N–H and O–H groups in total. The minimum Gasteiger partial charge on any atom is -0.491 e. The molecule has 74 valence electrons. The van der Waals surface area contributed by atoms with Gasteiger partial charge in [0, 0.05) is 6.20 Å². The first kappa shape index (κ1) is 10.5. The predicted octanol–water partition coefficient (Wildman–Crippen LogP) is 2.52. The van der Waals surface area contributed by atoms with Gasteiger partial charge in [0.15, 0.2) is 11.4 Å². The van der Waals surface area contributed by atoms with E-state index in [1.54, 1.807) is 18.3 Å². The standard InChI is InChI=1S/C11H14N2O/c1-2-3-4-8-14-11-6-5-7-13-10(11)9-12/h5-7H,2-4,8H2,1H3. The largest absolute Gasteiger partial charge is 0.491 e. The van der Waals surface area contributed by atoms with Crippen LogP contribution in [0.4, 0.5) is 0 Å². The molecule has 0 aliphatic heterocycles. The number of unbranched alkanes of at least 4 members (excludes halogenated alkanes) is 2. The predicted molar refractivity (Wildman–Crippen MR) is 54.0 cm³/mol. The van der Waals surface area contributed by atoms with Crippen LogP contribution in [0.5, 0.6) is 5.75 Å². The van der Waals surface area contributed by atoms with E-state index >= 15 is 0 Å². The van der Waals surface area contributed by atoms with Crippen molar-refractivity contribution in [3.63, 3.8) is 0 Å². The Balaban J connectivity index is 2.46. The Labute approximate surface area is 84.3 Å². The summed E-state index contributed by atoms with van der Waals surface area (Å²) in [5.74, 6) is 0.589. The van der Waals surface area contributed by atoms with Crippen LogP contribution >= 0.6 is 0 Å². The molecule has 1 heterocycles. The zero-order valence-electron chi connectivity index (χ0n) is 8.36. The summed E-state index contributed by atoms with van der Waals surface area (Å²) in [7, 11) is 0. The van der Waals surface area contributed by atoms with Crippen LogP contribution in [0.1, 0.15) is 31.9 Å². The van der Waals surface area contributed by atoms with Crippen molar-refractivity contribution in [2.75, 3.05) is 6.61 Å². The maximum absolute atomic E-state index is 8.73. The van der Waals surface area contributed by atoms with Gasteiger partial charge in [0.1, 0.15) is 6.07 Å². The van der Waals surface area contributed by atoms with Crippen LogP contribution in [-0.2, 0) is 0 Å². The molecule has 1 rings (SSSR count). The fourth-order valence-corrected chi connectivity index (χ4v) is 1.13. The molecule has 0 saturated carbocycles. The van der Waals surface area contributed by atoms with Crippen LogP contribution in [0.25, 0.3) is 0 Å². The van der Waals surface area contributed by atoms with Gasteiger partial charge in [0.05, 0.1) is 6.61 Å².